The number of amides is 2. The molecule has 0 aromatic heterocycles. The van der Waals surface area contributed by atoms with Crippen LogP contribution in [0.2, 0.25) is 0 Å². The molecule has 0 aliphatic carbocycles. The van der Waals surface area contributed by atoms with E-state index in [2.05, 4.69) is 29.0 Å². The van der Waals surface area contributed by atoms with Crippen LogP contribution in [0.3, 0.4) is 0 Å². The Morgan fingerprint density at radius 1 is 1.04 bits per heavy atom. The van der Waals surface area contributed by atoms with Crippen molar-refractivity contribution < 1.29 is 9.59 Å². The molecule has 0 radical (unpaired) electrons. The van der Waals surface area contributed by atoms with Gasteiger partial charge in [-0.05, 0) is 69.7 Å². The third-order valence-corrected chi connectivity index (χ3v) is 6.37. The second-order valence-electron chi connectivity index (χ2n) is 8.80. The van der Waals surface area contributed by atoms with E-state index in [1.54, 1.807) is 12.1 Å². The zero-order valence-electron chi connectivity index (χ0n) is 17.5. The zero-order chi connectivity index (χ0) is 20.0. The molecule has 2 heterocycles. The van der Waals surface area contributed by atoms with Crippen LogP contribution >= 0.6 is 0 Å². The van der Waals surface area contributed by atoms with Crippen molar-refractivity contribution in [3.63, 3.8) is 0 Å². The highest BCUT2D eigenvalue weighted by Gasteiger charge is 2.43. The van der Waals surface area contributed by atoms with Gasteiger partial charge in [-0.3, -0.25) is 9.59 Å². The van der Waals surface area contributed by atoms with Crippen molar-refractivity contribution in [1.29, 1.82) is 0 Å². The monoisotopic (exact) mass is 385 g/mol. The molecule has 5 nitrogen and oxygen atoms in total. The van der Waals surface area contributed by atoms with E-state index in [-0.39, 0.29) is 23.9 Å². The lowest BCUT2D eigenvalue weighted by Crippen LogP contribution is -2.51. The summed E-state index contributed by atoms with van der Waals surface area (Å²) in [6, 6.07) is 9.10. The summed E-state index contributed by atoms with van der Waals surface area (Å²) in [4.78, 5) is 29.9. The molecule has 0 bridgehead atoms. The van der Waals surface area contributed by atoms with E-state index < -0.39 is 0 Å². The number of benzene rings is 1. The molecule has 28 heavy (non-hydrogen) atoms. The fraction of sp³-hybridized carbons (Fsp3) is 0.652. The molecule has 1 N–H and O–H groups in total. The van der Waals surface area contributed by atoms with Crippen LogP contribution in [0.25, 0.3) is 0 Å². The van der Waals surface area contributed by atoms with Crippen molar-refractivity contribution in [3.05, 3.63) is 35.9 Å². The maximum absolute atomic E-state index is 13.0. The SMILES string of the molecule is CC(C)CCN1CCC[C@]2(CCCN2C(=O)CNC(=O)c2ccccc2)CC1. The smallest absolute Gasteiger partial charge is 0.251 e. The number of rotatable bonds is 6. The van der Waals surface area contributed by atoms with Gasteiger partial charge in [-0.2, -0.15) is 0 Å². The van der Waals surface area contributed by atoms with E-state index in [9.17, 15) is 9.59 Å². The molecule has 2 saturated heterocycles. The van der Waals surface area contributed by atoms with Crippen molar-refractivity contribution in [1.82, 2.24) is 15.1 Å². The highest BCUT2D eigenvalue weighted by atomic mass is 16.2. The van der Waals surface area contributed by atoms with Gasteiger partial charge in [0.2, 0.25) is 5.91 Å². The first-order valence-corrected chi connectivity index (χ1v) is 10.9. The first kappa shape index (κ1) is 20.8. The number of hydrogen-bond acceptors (Lipinski definition) is 3. The Bertz CT molecular complexity index is 661. The summed E-state index contributed by atoms with van der Waals surface area (Å²) in [7, 11) is 0. The summed E-state index contributed by atoms with van der Waals surface area (Å²) in [6.45, 7) is 8.85. The molecule has 2 fully saturated rings. The normalized spacial score (nSPS) is 23.2. The highest BCUT2D eigenvalue weighted by Crippen LogP contribution is 2.38. The van der Waals surface area contributed by atoms with Crippen molar-refractivity contribution in [3.8, 4) is 0 Å². The van der Waals surface area contributed by atoms with Crippen LogP contribution in [-0.2, 0) is 4.79 Å². The van der Waals surface area contributed by atoms with Crippen LogP contribution in [0.4, 0.5) is 0 Å². The topological polar surface area (TPSA) is 52.6 Å². The fourth-order valence-electron chi connectivity index (χ4n) is 4.69. The number of nitrogens with zero attached hydrogens (tertiary/aromatic N) is 2. The van der Waals surface area contributed by atoms with Gasteiger partial charge in [0.25, 0.3) is 5.91 Å². The van der Waals surface area contributed by atoms with E-state index in [4.69, 9.17) is 0 Å². The first-order chi connectivity index (χ1) is 13.5. The van der Waals surface area contributed by atoms with E-state index >= 15 is 0 Å². The lowest BCUT2D eigenvalue weighted by molar-refractivity contribution is -0.134. The Morgan fingerprint density at radius 2 is 1.75 bits per heavy atom. The second kappa shape index (κ2) is 9.55. The quantitative estimate of drug-likeness (QED) is 0.817. The van der Waals surface area contributed by atoms with Crippen LogP contribution in [0.5, 0.6) is 0 Å². The van der Waals surface area contributed by atoms with E-state index in [0.29, 0.717) is 5.56 Å². The highest BCUT2D eigenvalue weighted by molar-refractivity contribution is 5.96. The van der Waals surface area contributed by atoms with E-state index in [1.165, 1.54) is 6.42 Å². The third-order valence-electron chi connectivity index (χ3n) is 6.37. The van der Waals surface area contributed by atoms with E-state index in [1.807, 2.05) is 18.2 Å². The van der Waals surface area contributed by atoms with Crippen molar-refractivity contribution in [2.75, 3.05) is 32.7 Å². The Hall–Kier alpha value is -1.88. The number of hydrogen-bond donors (Lipinski definition) is 1. The number of nitrogens with one attached hydrogen (secondary N) is 1. The molecule has 5 heteroatoms. The largest absolute Gasteiger partial charge is 0.343 e. The van der Waals surface area contributed by atoms with Crippen molar-refractivity contribution in [2.24, 2.45) is 5.92 Å². The predicted octanol–water partition coefficient (Wildman–Crippen LogP) is 3.31. The number of carbonyl (C=O) groups excluding carboxylic acids is 2. The van der Waals surface area contributed by atoms with Gasteiger partial charge in [0.1, 0.15) is 0 Å². The predicted molar refractivity (Wildman–Crippen MR) is 112 cm³/mol. The number of likely N-dealkylation sites (tertiary alicyclic amines) is 2. The van der Waals surface area contributed by atoms with Gasteiger partial charge < -0.3 is 15.1 Å². The molecule has 0 saturated carbocycles. The van der Waals surface area contributed by atoms with Gasteiger partial charge in [0.05, 0.1) is 6.54 Å². The lowest BCUT2D eigenvalue weighted by Gasteiger charge is -2.38. The van der Waals surface area contributed by atoms with Crippen LogP contribution < -0.4 is 5.32 Å². The number of carbonyl (C=O) groups is 2. The zero-order valence-corrected chi connectivity index (χ0v) is 17.5. The van der Waals surface area contributed by atoms with Gasteiger partial charge in [0, 0.05) is 24.2 Å². The Balaban J connectivity index is 1.56. The fourth-order valence-corrected chi connectivity index (χ4v) is 4.69. The second-order valence-corrected chi connectivity index (χ2v) is 8.80. The lowest BCUT2D eigenvalue weighted by atomic mass is 9.87. The third kappa shape index (κ3) is 5.13. The van der Waals surface area contributed by atoms with Crippen LogP contribution in [-0.4, -0.2) is 59.9 Å². The van der Waals surface area contributed by atoms with Crippen LogP contribution in [0.1, 0.15) is 62.7 Å². The van der Waals surface area contributed by atoms with Gasteiger partial charge in [-0.15, -0.1) is 0 Å². The molecular formula is C23H35N3O2. The Kier molecular flexibility index (Phi) is 7.11. The molecule has 1 aromatic rings. The minimum absolute atomic E-state index is 0.00113. The van der Waals surface area contributed by atoms with E-state index in [0.717, 1.165) is 64.2 Å². The van der Waals surface area contributed by atoms with Gasteiger partial charge in [-0.25, -0.2) is 0 Å². The Labute approximate surface area is 169 Å². The average molecular weight is 386 g/mol. The Morgan fingerprint density at radius 3 is 2.46 bits per heavy atom. The molecule has 1 spiro atoms. The van der Waals surface area contributed by atoms with Crippen molar-refractivity contribution >= 4 is 11.8 Å². The minimum atomic E-state index is -0.178. The van der Waals surface area contributed by atoms with Gasteiger partial charge in [0.15, 0.2) is 0 Å². The van der Waals surface area contributed by atoms with Gasteiger partial charge >= 0.3 is 0 Å². The maximum atomic E-state index is 13.0. The van der Waals surface area contributed by atoms with Gasteiger partial charge in [-0.1, -0.05) is 32.0 Å². The maximum Gasteiger partial charge on any atom is 0.251 e. The molecule has 1 atom stereocenters. The van der Waals surface area contributed by atoms with Crippen LogP contribution in [0, 0.1) is 5.92 Å². The summed E-state index contributed by atoms with van der Waals surface area (Å²) >= 11 is 0. The molecule has 154 valence electrons. The molecule has 0 unspecified atom stereocenters. The summed E-state index contributed by atoms with van der Waals surface area (Å²) in [6.07, 6.45) is 6.71. The summed E-state index contributed by atoms with van der Waals surface area (Å²) in [5.41, 5.74) is 0.600. The molecule has 2 amide bonds. The first-order valence-electron chi connectivity index (χ1n) is 10.9. The molecule has 3 rings (SSSR count). The molecule has 2 aliphatic heterocycles. The standard InChI is InChI=1S/C23H35N3O2/c1-19(2)10-16-25-14-6-11-23(13-17-25)12-7-15-26(23)21(27)18-24-22(28)20-8-4-3-5-9-20/h3-5,8-9,19H,6-7,10-18H2,1-2H3,(H,24,28)/t23-/m0/s1. The van der Waals surface area contributed by atoms with Crippen LogP contribution in [0.15, 0.2) is 30.3 Å². The molecular weight excluding hydrogens is 350 g/mol. The summed E-state index contributed by atoms with van der Waals surface area (Å²) in [5.74, 6) is 0.621. The average Bonchev–Trinajstić information content (AvgIpc) is 3.00. The van der Waals surface area contributed by atoms with Crippen molar-refractivity contribution in [2.45, 2.75) is 57.9 Å². The minimum Gasteiger partial charge on any atom is -0.343 e. The molecule has 1 aromatic carbocycles. The molecule has 2 aliphatic rings. The summed E-state index contributed by atoms with van der Waals surface area (Å²) < 4.78 is 0. The summed E-state index contributed by atoms with van der Waals surface area (Å²) in [5, 5.41) is 2.81.